The SMILES string of the molecule is CNCCCN(C)CCOCCCOC. The second-order valence-electron chi connectivity index (χ2n) is 3.72. The minimum Gasteiger partial charge on any atom is -0.385 e. The minimum absolute atomic E-state index is 0.790. The van der Waals surface area contributed by atoms with E-state index in [0.717, 1.165) is 45.9 Å². The average Bonchev–Trinajstić information content (AvgIpc) is 2.23. The molecule has 0 aliphatic rings. The van der Waals surface area contributed by atoms with E-state index >= 15 is 0 Å². The average molecular weight is 218 g/mol. The van der Waals surface area contributed by atoms with Gasteiger partial charge in [0.25, 0.3) is 0 Å². The van der Waals surface area contributed by atoms with Crippen LogP contribution in [0.3, 0.4) is 0 Å². The summed E-state index contributed by atoms with van der Waals surface area (Å²) < 4.78 is 10.4. The quantitative estimate of drug-likeness (QED) is 0.514. The van der Waals surface area contributed by atoms with Crippen LogP contribution < -0.4 is 5.32 Å². The van der Waals surface area contributed by atoms with Crippen LogP contribution in [0.4, 0.5) is 0 Å². The van der Waals surface area contributed by atoms with Crippen LogP contribution >= 0.6 is 0 Å². The maximum absolute atomic E-state index is 5.48. The molecule has 0 radical (unpaired) electrons. The zero-order chi connectivity index (χ0) is 11.4. The number of nitrogens with one attached hydrogen (secondary N) is 1. The number of ether oxygens (including phenoxy) is 2. The first-order valence-corrected chi connectivity index (χ1v) is 5.71. The van der Waals surface area contributed by atoms with Crippen LogP contribution in [0.25, 0.3) is 0 Å². The summed E-state index contributed by atoms with van der Waals surface area (Å²) in [6, 6.07) is 0. The van der Waals surface area contributed by atoms with Crippen LogP contribution in [-0.4, -0.2) is 65.6 Å². The molecule has 0 aromatic heterocycles. The molecule has 0 heterocycles. The van der Waals surface area contributed by atoms with E-state index in [9.17, 15) is 0 Å². The standard InChI is InChI=1S/C11H26N2O2/c1-12-6-4-7-13(2)8-11-15-10-5-9-14-3/h12H,4-11H2,1-3H3. The molecule has 0 unspecified atom stereocenters. The van der Waals surface area contributed by atoms with E-state index in [1.165, 1.54) is 6.42 Å². The van der Waals surface area contributed by atoms with Crippen molar-refractivity contribution in [3.8, 4) is 0 Å². The Bertz CT molecular complexity index is 123. The lowest BCUT2D eigenvalue weighted by Gasteiger charge is -2.16. The first-order chi connectivity index (χ1) is 7.31. The van der Waals surface area contributed by atoms with Gasteiger partial charge in [0.1, 0.15) is 0 Å². The Balaban J connectivity index is 3.06. The fourth-order valence-electron chi connectivity index (χ4n) is 1.27. The molecule has 0 aliphatic heterocycles. The summed E-state index contributed by atoms with van der Waals surface area (Å²) in [6.45, 7) is 5.63. The minimum atomic E-state index is 0.790. The molecular weight excluding hydrogens is 192 g/mol. The molecule has 0 aromatic carbocycles. The second kappa shape index (κ2) is 11.9. The molecule has 92 valence electrons. The second-order valence-corrected chi connectivity index (χ2v) is 3.72. The van der Waals surface area contributed by atoms with E-state index < -0.39 is 0 Å². The van der Waals surface area contributed by atoms with Gasteiger partial charge in [0, 0.05) is 26.9 Å². The number of rotatable bonds is 11. The molecule has 0 fully saturated rings. The first-order valence-electron chi connectivity index (χ1n) is 5.71. The fraction of sp³-hybridized carbons (Fsp3) is 1.00. The summed E-state index contributed by atoms with van der Waals surface area (Å²) in [5.41, 5.74) is 0. The van der Waals surface area contributed by atoms with Gasteiger partial charge >= 0.3 is 0 Å². The third kappa shape index (κ3) is 11.8. The van der Waals surface area contributed by atoms with Crippen molar-refractivity contribution in [3.05, 3.63) is 0 Å². The van der Waals surface area contributed by atoms with Gasteiger partial charge in [-0.3, -0.25) is 0 Å². The van der Waals surface area contributed by atoms with E-state index in [0.29, 0.717) is 0 Å². The number of methoxy groups -OCH3 is 1. The summed E-state index contributed by atoms with van der Waals surface area (Å²) in [7, 11) is 5.84. The van der Waals surface area contributed by atoms with E-state index in [-0.39, 0.29) is 0 Å². The highest BCUT2D eigenvalue weighted by atomic mass is 16.5. The molecule has 0 atom stereocenters. The molecule has 0 amide bonds. The third-order valence-electron chi connectivity index (χ3n) is 2.22. The lowest BCUT2D eigenvalue weighted by Crippen LogP contribution is -2.26. The van der Waals surface area contributed by atoms with Crippen LogP contribution in [0.2, 0.25) is 0 Å². The molecule has 4 nitrogen and oxygen atoms in total. The van der Waals surface area contributed by atoms with Crippen molar-refractivity contribution in [2.24, 2.45) is 0 Å². The van der Waals surface area contributed by atoms with Crippen molar-refractivity contribution in [2.45, 2.75) is 12.8 Å². The highest BCUT2D eigenvalue weighted by Gasteiger charge is 1.97. The Morgan fingerprint density at radius 3 is 2.53 bits per heavy atom. The van der Waals surface area contributed by atoms with Gasteiger partial charge in [-0.1, -0.05) is 0 Å². The van der Waals surface area contributed by atoms with Crippen LogP contribution in [0.5, 0.6) is 0 Å². The molecule has 0 spiro atoms. The van der Waals surface area contributed by atoms with Gasteiger partial charge in [0.15, 0.2) is 0 Å². The van der Waals surface area contributed by atoms with E-state index in [1.807, 2.05) is 7.05 Å². The monoisotopic (exact) mass is 218 g/mol. The maximum atomic E-state index is 5.48. The molecular formula is C11H26N2O2. The van der Waals surface area contributed by atoms with Crippen molar-refractivity contribution in [1.29, 1.82) is 0 Å². The van der Waals surface area contributed by atoms with Crippen molar-refractivity contribution < 1.29 is 9.47 Å². The summed E-state index contributed by atoms with van der Waals surface area (Å²) in [5.74, 6) is 0. The zero-order valence-electron chi connectivity index (χ0n) is 10.4. The van der Waals surface area contributed by atoms with E-state index in [1.54, 1.807) is 7.11 Å². The van der Waals surface area contributed by atoms with Gasteiger partial charge in [-0.15, -0.1) is 0 Å². The largest absolute Gasteiger partial charge is 0.385 e. The molecule has 0 saturated carbocycles. The van der Waals surface area contributed by atoms with Gasteiger partial charge in [-0.05, 0) is 40.0 Å². The third-order valence-corrected chi connectivity index (χ3v) is 2.22. The number of nitrogens with zero attached hydrogens (tertiary/aromatic N) is 1. The normalized spacial score (nSPS) is 11.2. The molecule has 15 heavy (non-hydrogen) atoms. The first kappa shape index (κ1) is 14.8. The summed E-state index contributed by atoms with van der Waals surface area (Å²) in [5, 5.41) is 3.14. The molecule has 0 aliphatic carbocycles. The Morgan fingerprint density at radius 2 is 1.87 bits per heavy atom. The van der Waals surface area contributed by atoms with Crippen molar-refractivity contribution in [1.82, 2.24) is 10.2 Å². The Labute approximate surface area is 93.9 Å². The molecule has 4 heteroatoms. The molecule has 0 rings (SSSR count). The Morgan fingerprint density at radius 1 is 1.07 bits per heavy atom. The van der Waals surface area contributed by atoms with Gasteiger partial charge in [0.2, 0.25) is 0 Å². The molecule has 0 saturated heterocycles. The van der Waals surface area contributed by atoms with Gasteiger partial charge in [-0.25, -0.2) is 0 Å². The number of hydrogen-bond donors (Lipinski definition) is 1. The number of likely N-dealkylation sites (N-methyl/N-ethyl adjacent to an activating group) is 1. The predicted molar refractivity (Wildman–Crippen MR) is 63.4 cm³/mol. The number of hydrogen-bond acceptors (Lipinski definition) is 4. The Hall–Kier alpha value is -0.160. The predicted octanol–water partition coefficient (Wildman–Crippen LogP) is 0.581. The smallest absolute Gasteiger partial charge is 0.0593 e. The van der Waals surface area contributed by atoms with Crippen LogP contribution in [0, 0.1) is 0 Å². The van der Waals surface area contributed by atoms with Crippen LogP contribution in [0.1, 0.15) is 12.8 Å². The van der Waals surface area contributed by atoms with E-state index in [4.69, 9.17) is 9.47 Å². The van der Waals surface area contributed by atoms with Gasteiger partial charge in [0.05, 0.1) is 6.61 Å². The highest BCUT2D eigenvalue weighted by molar-refractivity contribution is 4.52. The molecule has 0 bridgehead atoms. The summed E-state index contributed by atoms with van der Waals surface area (Å²) in [6.07, 6.45) is 2.18. The fourth-order valence-corrected chi connectivity index (χ4v) is 1.27. The van der Waals surface area contributed by atoms with Crippen LogP contribution in [0.15, 0.2) is 0 Å². The lowest BCUT2D eigenvalue weighted by molar-refractivity contribution is 0.0886. The van der Waals surface area contributed by atoms with E-state index in [2.05, 4.69) is 17.3 Å². The maximum Gasteiger partial charge on any atom is 0.0593 e. The van der Waals surface area contributed by atoms with Gasteiger partial charge in [-0.2, -0.15) is 0 Å². The van der Waals surface area contributed by atoms with Crippen molar-refractivity contribution >= 4 is 0 Å². The van der Waals surface area contributed by atoms with Gasteiger partial charge < -0.3 is 19.7 Å². The van der Waals surface area contributed by atoms with Crippen molar-refractivity contribution in [3.63, 3.8) is 0 Å². The summed E-state index contributed by atoms with van der Waals surface area (Å²) >= 11 is 0. The van der Waals surface area contributed by atoms with Crippen molar-refractivity contribution in [2.75, 3.05) is 60.7 Å². The molecule has 0 aromatic rings. The Kier molecular flexibility index (Phi) is 11.8. The summed E-state index contributed by atoms with van der Waals surface area (Å²) in [4.78, 5) is 2.30. The highest BCUT2D eigenvalue weighted by Crippen LogP contribution is 1.88. The zero-order valence-corrected chi connectivity index (χ0v) is 10.4. The molecule has 1 N–H and O–H groups in total. The van der Waals surface area contributed by atoms with Crippen LogP contribution in [-0.2, 0) is 9.47 Å². The topological polar surface area (TPSA) is 33.7 Å². The lowest BCUT2D eigenvalue weighted by atomic mass is 10.4.